The Balaban J connectivity index is 3.31. The third kappa shape index (κ3) is 6.64. The minimum Gasteiger partial charge on any atom is -0.463 e. The van der Waals surface area contributed by atoms with Crippen LogP contribution in [0.3, 0.4) is 0 Å². The number of nitrogens with zero attached hydrogens (tertiary/aromatic N) is 3. The van der Waals surface area contributed by atoms with Crippen LogP contribution in [-0.2, 0) is 9.53 Å². The number of carbonyl (C=O) groups excluding carboxylic acids is 1. The van der Waals surface area contributed by atoms with Gasteiger partial charge in [0.1, 0.15) is 0 Å². The summed E-state index contributed by atoms with van der Waals surface area (Å²) in [4.78, 5) is 13.2. The van der Waals surface area contributed by atoms with Crippen molar-refractivity contribution in [2.24, 2.45) is 5.11 Å². The monoisotopic (exact) mass is 169 g/mol. The molecule has 0 amide bonds. The molecule has 66 valence electrons. The highest BCUT2D eigenvalue weighted by molar-refractivity contribution is 5.81. The van der Waals surface area contributed by atoms with Crippen molar-refractivity contribution in [2.45, 2.75) is 13.3 Å². The lowest BCUT2D eigenvalue weighted by Crippen LogP contribution is -2.02. The van der Waals surface area contributed by atoms with Gasteiger partial charge in [0.05, 0.1) is 6.61 Å². The van der Waals surface area contributed by atoms with Crippen LogP contribution < -0.4 is 0 Å². The highest BCUT2D eigenvalue weighted by Crippen LogP contribution is 1.87. The van der Waals surface area contributed by atoms with Crippen LogP contribution in [-0.4, -0.2) is 19.1 Å². The number of carbonyl (C=O) groups is 1. The topological polar surface area (TPSA) is 75.1 Å². The quantitative estimate of drug-likeness (QED) is 0.157. The highest BCUT2D eigenvalue weighted by Gasteiger charge is 1.93. The summed E-state index contributed by atoms with van der Waals surface area (Å²) in [6.07, 6.45) is 3.51. The number of hydrogen-bond donors (Lipinski definition) is 0. The molecular weight excluding hydrogens is 158 g/mol. The fourth-order valence-corrected chi connectivity index (χ4v) is 0.537. The lowest BCUT2D eigenvalue weighted by Gasteiger charge is -1.97. The Morgan fingerprint density at radius 2 is 2.50 bits per heavy atom. The third-order valence-corrected chi connectivity index (χ3v) is 1.01. The zero-order valence-corrected chi connectivity index (χ0v) is 6.93. The van der Waals surface area contributed by atoms with E-state index in [2.05, 4.69) is 10.0 Å². The van der Waals surface area contributed by atoms with Crippen LogP contribution in [0.1, 0.15) is 13.3 Å². The molecule has 0 aliphatic heterocycles. The predicted molar refractivity (Wildman–Crippen MR) is 44.4 cm³/mol. The molecule has 0 aliphatic rings. The third-order valence-electron chi connectivity index (χ3n) is 1.01. The number of ether oxygens (including phenoxy) is 1. The second kappa shape index (κ2) is 7.63. The van der Waals surface area contributed by atoms with Gasteiger partial charge in [-0.15, -0.1) is 0 Å². The number of esters is 1. The summed E-state index contributed by atoms with van der Waals surface area (Å²) in [5.41, 5.74) is 7.90. The van der Waals surface area contributed by atoms with Crippen LogP contribution >= 0.6 is 0 Å². The largest absolute Gasteiger partial charge is 0.463 e. The molecule has 0 saturated heterocycles. The van der Waals surface area contributed by atoms with Gasteiger partial charge in [0.25, 0.3) is 0 Å². The molecular formula is C7H11N3O2. The first kappa shape index (κ1) is 10.5. The Bertz CT molecular complexity index is 207. The van der Waals surface area contributed by atoms with Crippen molar-refractivity contribution in [1.29, 1.82) is 0 Å². The maximum absolute atomic E-state index is 10.7. The van der Waals surface area contributed by atoms with E-state index in [1.807, 2.05) is 0 Å². The molecule has 0 rings (SSSR count). The molecule has 0 aromatic rings. The molecule has 12 heavy (non-hydrogen) atoms. The normalized spacial score (nSPS) is 9.42. The van der Waals surface area contributed by atoms with Gasteiger partial charge in [-0.05, 0) is 18.9 Å². The zero-order chi connectivity index (χ0) is 9.23. The van der Waals surface area contributed by atoms with Gasteiger partial charge in [0, 0.05) is 17.5 Å². The fraction of sp³-hybridized carbons (Fsp3) is 0.571. The predicted octanol–water partition coefficient (Wildman–Crippen LogP) is 1.81. The first-order chi connectivity index (χ1) is 5.81. The van der Waals surface area contributed by atoms with Crippen molar-refractivity contribution < 1.29 is 9.53 Å². The van der Waals surface area contributed by atoms with Crippen molar-refractivity contribution in [3.63, 3.8) is 0 Å². The molecule has 0 fully saturated rings. The molecule has 5 nitrogen and oxygen atoms in total. The van der Waals surface area contributed by atoms with Crippen LogP contribution in [0, 0.1) is 0 Å². The number of rotatable bonds is 5. The summed E-state index contributed by atoms with van der Waals surface area (Å²) in [5.74, 6) is -0.363. The van der Waals surface area contributed by atoms with Crippen LogP contribution in [0.2, 0.25) is 0 Å². The van der Waals surface area contributed by atoms with E-state index in [-0.39, 0.29) is 5.97 Å². The van der Waals surface area contributed by atoms with Gasteiger partial charge in [-0.25, -0.2) is 4.79 Å². The standard InChI is InChI=1S/C7H11N3O2/c1-2-4-7(11)12-6-3-5-9-10-8/h2,4H,3,5-6H2,1H3. The molecule has 0 aliphatic carbocycles. The molecule has 0 heterocycles. The summed E-state index contributed by atoms with van der Waals surface area (Å²) >= 11 is 0. The number of azide groups is 1. The van der Waals surface area contributed by atoms with E-state index >= 15 is 0 Å². The van der Waals surface area contributed by atoms with Crippen molar-refractivity contribution >= 4 is 5.97 Å². The van der Waals surface area contributed by atoms with E-state index in [1.54, 1.807) is 13.0 Å². The van der Waals surface area contributed by atoms with Gasteiger partial charge >= 0.3 is 5.97 Å². The van der Waals surface area contributed by atoms with E-state index in [1.165, 1.54) is 6.08 Å². The molecule has 0 aromatic heterocycles. The minimum atomic E-state index is -0.363. The SMILES string of the molecule is CC=CC(=O)OCCCN=[N+]=[N-]. The Morgan fingerprint density at radius 3 is 3.08 bits per heavy atom. The maximum atomic E-state index is 10.7. The first-order valence-corrected chi connectivity index (χ1v) is 3.61. The van der Waals surface area contributed by atoms with Gasteiger partial charge in [0.15, 0.2) is 0 Å². The van der Waals surface area contributed by atoms with E-state index in [0.717, 1.165) is 0 Å². The Kier molecular flexibility index (Phi) is 6.68. The van der Waals surface area contributed by atoms with E-state index in [4.69, 9.17) is 10.3 Å². The summed E-state index contributed by atoms with van der Waals surface area (Å²) in [6, 6.07) is 0. The van der Waals surface area contributed by atoms with Gasteiger partial charge < -0.3 is 4.74 Å². The van der Waals surface area contributed by atoms with E-state index in [0.29, 0.717) is 19.6 Å². The minimum absolute atomic E-state index is 0.294. The molecule has 0 bridgehead atoms. The van der Waals surface area contributed by atoms with Crippen molar-refractivity contribution in [3.05, 3.63) is 22.6 Å². The summed E-state index contributed by atoms with van der Waals surface area (Å²) < 4.78 is 4.72. The summed E-state index contributed by atoms with van der Waals surface area (Å²) in [6.45, 7) is 2.39. The van der Waals surface area contributed by atoms with Gasteiger partial charge in [0.2, 0.25) is 0 Å². The van der Waals surface area contributed by atoms with Crippen LogP contribution in [0.5, 0.6) is 0 Å². The number of allylic oxidation sites excluding steroid dienone is 1. The first-order valence-electron chi connectivity index (χ1n) is 3.61. The lowest BCUT2D eigenvalue weighted by molar-refractivity contribution is -0.137. The van der Waals surface area contributed by atoms with E-state index < -0.39 is 0 Å². The van der Waals surface area contributed by atoms with Crippen LogP contribution in [0.4, 0.5) is 0 Å². The second-order valence-electron chi connectivity index (χ2n) is 1.98. The van der Waals surface area contributed by atoms with Gasteiger partial charge in [-0.1, -0.05) is 11.2 Å². The smallest absolute Gasteiger partial charge is 0.330 e. The fourth-order valence-electron chi connectivity index (χ4n) is 0.537. The Hall–Kier alpha value is -1.48. The zero-order valence-electron chi connectivity index (χ0n) is 6.93. The summed E-state index contributed by atoms with van der Waals surface area (Å²) in [7, 11) is 0. The average Bonchev–Trinajstić information content (AvgIpc) is 2.05. The van der Waals surface area contributed by atoms with Crippen molar-refractivity contribution in [1.82, 2.24) is 0 Å². The Morgan fingerprint density at radius 1 is 1.75 bits per heavy atom. The second-order valence-corrected chi connectivity index (χ2v) is 1.98. The van der Waals surface area contributed by atoms with Crippen LogP contribution in [0.15, 0.2) is 17.3 Å². The highest BCUT2D eigenvalue weighted by atomic mass is 16.5. The molecule has 0 N–H and O–H groups in total. The van der Waals surface area contributed by atoms with Crippen LogP contribution in [0.25, 0.3) is 10.4 Å². The molecule has 0 spiro atoms. The van der Waals surface area contributed by atoms with Gasteiger partial charge in [-0.3, -0.25) is 0 Å². The van der Waals surface area contributed by atoms with E-state index in [9.17, 15) is 4.79 Å². The summed E-state index contributed by atoms with van der Waals surface area (Å²) in [5, 5.41) is 3.29. The van der Waals surface area contributed by atoms with Crippen molar-refractivity contribution in [3.8, 4) is 0 Å². The number of hydrogen-bond acceptors (Lipinski definition) is 3. The molecule has 0 aromatic carbocycles. The maximum Gasteiger partial charge on any atom is 0.330 e. The molecule has 0 saturated carbocycles. The molecule has 0 atom stereocenters. The molecule has 0 radical (unpaired) electrons. The van der Waals surface area contributed by atoms with Crippen molar-refractivity contribution in [2.75, 3.05) is 13.2 Å². The lowest BCUT2D eigenvalue weighted by atomic mass is 10.4. The molecule has 0 unspecified atom stereocenters. The Labute approximate surface area is 70.6 Å². The average molecular weight is 169 g/mol. The molecule has 5 heteroatoms. The van der Waals surface area contributed by atoms with Gasteiger partial charge in [-0.2, -0.15) is 0 Å².